The molecular weight excluding hydrogens is 422 g/mol. The zero-order valence-electron chi connectivity index (χ0n) is 22.5. The van der Waals surface area contributed by atoms with E-state index in [9.17, 15) is 0 Å². The average molecular weight is 483 g/mol. The molecule has 3 saturated carbocycles. The first-order chi connectivity index (χ1) is 15.7. The van der Waals surface area contributed by atoms with E-state index in [4.69, 9.17) is 0 Å². The van der Waals surface area contributed by atoms with Gasteiger partial charge in [0, 0.05) is 0 Å². The fraction of sp³-hybridized carbons (Fsp3) is 1.00. The van der Waals surface area contributed by atoms with Crippen molar-refractivity contribution >= 4 is 17.2 Å². The molecule has 0 N–H and O–H groups in total. The van der Waals surface area contributed by atoms with Crippen molar-refractivity contribution in [2.45, 2.75) is 161 Å². The van der Waals surface area contributed by atoms with Crippen molar-refractivity contribution < 1.29 is 0 Å². The van der Waals surface area contributed by atoms with Crippen LogP contribution in [-0.4, -0.2) is 23.6 Å². The van der Waals surface area contributed by atoms with Crippen molar-refractivity contribution in [3.05, 3.63) is 0 Å². The average Bonchev–Trinajstić information content (AvgIpc) is 2.85. The summed E-state index contributed by atoms with van der Waals surface area (Å²) in [5.41, 5.74) is 2.10. The van der Waals surface area contributed by atoms with Crippen LogP contribution in [0, 0.1) is 17.8 Å². The van der Waals surface area contributed by atoms with Crippen LogP contribution in [0.1, 0.15) is 149 Å². The molecule has 0 aliphatic heterocycles. The molecule has 1 atom stereocenters. The summed E-state index contributed by atoms with van der Waals surface area (Å²) in [5.74, 6) is 3.12. The first-order valence-corrected chi connectivity index (χ1v) is 17.6. The summed E-state index contributed by atoms with van der Waals surface area (Å²) in [6.45, 7) is 7.12. The standard InChI is InChI=1S/C17H35P.C13H25P/c1-4-6-8-14-18(15-9-7-5-2)17-12-10-16(3)11-13-17;14-13(11-7-3-1-4-8-11)12-9-5-2-6-10-12/h16-17H,4-15H2,1-3H3;11-13H,1-10,14H2. The Morgan fingerprint density at radius 1 is 0.625 bits per heavy atom. The minimum atomic E-state index is 0.379. The van der Waals surface area contributed by atoms with Gasteiger partial charge < -0.3 is 0 Å². The Morgan fingerprint density at radius 2 is 1.06 bits per heavy atom. The van der Waals surface area contributed by atoms with Gasteiger partial charge in [0.15, 0.2) is 0 Å². The molecule has 0 nitrogen and oxygen atoms in total. The van der Waals surface area contributed by atoms with Gasteiger partial charge in [-0.2, -0.15) is 0 Å². The van der Waals surface area contributed by atoms with E-state index in [1.54, 1.807) is 25.2 Å². The molecular formula is C30H60P2. The molecule has 0 radical (unpaired) electrons. The van der Waals surface area contributed by atoms with Crippen LogP contribution in [0.5, 0.6) is 0 Å². The predicted molar refractivity (Wildman–Crippen MR) is 154 cm³/mol. The maximum absolute atomic E-state index is 3.19. The summed E-state index contributed by atoms with van der Waals surface area (Å²) < 4.78 is 0. The SMILES string of the molecule is CCCCCP(CCCCC)C1CCC(C)CC1.PC(C1CCCCC1)C1CCCCC1. The van der Waals surface area contributed by atoms with Gasteiger partial charge in [0.05, 0.1) is 0 Å². The molecule has 0 spiro atoms. The molecule has 0 aromatic heterocycles. The van der Waals surface area contributed by atoms with E-state index in [0.29, 0.717) is 7.92 Å². The summed E-state index contributed by atoms with van der Waals surface area (Å²) in [7, 11) is 3.57. The van der Waals surface area contributed by atoms with Gasteiger partial charge in [-0.15, -0.1) is 17.2 Å². The number of unbranched alkanes of at least 4 members (excludes halogenated alkanes) is 4. The van der Waals surface area contributed by atoms with Crippen LogP contribution in [0.25, 0.3) is 0 Å². The Labute approximate surface area is 207 Å². The maximum Gasteiger partial charge on any atom is -0.0208 e. The van der Waals surface area contributed by atoms with Crippen LogP contribution >= 0.6 is 17.2 Å². The molecule has 32 heavy (non-hydrogen) atoms. The molecule has 2 heteroatoms. The first kappa shape index (κ1) is 29.1. The monoisotopic (exact) mass is 482 g/mol. The van der Waals surface area contributed by atoms with Gasteiger partial charge in [-0.1, -0.05) is 97.8 Å². The molecule has 0 heterocycles. The smallest absolute Gasteiger partial charge is 0.0208 e. The molecule has 0 amide bonds. The number of rotatable bonds is 11. The van der Waals surface area contributed by atoms with E-state index in [1.807, 2.05) is 0 Å². The summed E-state index contributed by atoms with van der Waals surface area (Å²) >= 11 is 0. The molecule has 3 fully saturated rings. The van der Waals surface area contributed by atoms with E-state index < -0.39 is 0 Å². The Hall–Kier alpha value is 0.860. The summed E-state index contributed by atoms with van der Waals surface area (Å²) in [5, 5.41) is 0. The van der Waals surface area contributed by atoms with Gasteiger partial charge in [-0.3, -0.25) is 0 Å². The fourth-order valence-corrected chi connectivity index (χ4v) is 10.6. The molecule has 0 saturated heterocycles. The lowest BCUT2D eigenvalue weighted by atomic mass is 9.77. The highest BCUT2D eigenvalue weighted by Crippen LogP contribution is 2.50. The van der Waals surface area contributed by atoms with E-state index in [2.05, 4.69) is 30.0 Å². The van der Waals surface area contributed by atoms with Crippen molar-refractivity contribution in [3.8, 4) is 0 Å². The van der Waals surface area contributed by atoms with E-state index in [-0.39, 0.29) is 0 Å². The third-order valence-electron chi connectivity index (χ3n) is 8.99. The maximum atomic E-state index is 3.19. The molecule has 3 rings (SSSR count). The van der Waals surface area contributed by atoms with Gasteiger partial charge in [-0.05, 0) is 92.8 Å². The van der Waals surface area contributed by atoms with Gasteiger partial charge in [0.25, 0.3) is 0 Å². The van der Waals surface area contributed by atoms with Gasteiger partial charge >= 0.3 is 0 Å². The van der Waals surface area contributed by atoms with Crippen molar-refractivity contribution in [2.24, 2.45) is 17.8 Å². The Bertz CT molecular complexity index is 389. The summed E-state index contributed by atoms with van der Waals surface area (Å²) in [4.78, 5) is 0. The van der Waals surface area contributed by atoms with E-state index in [1.165, 1.54) is 116 Å². The first-order valence-electron chi connectivity index (χ1n) is 15.1. The zero-order chi connectivity index (χ0) is 23.0. The summed E-state index contributed by atoms with van der Waals surface area (Å²) in [6, 6.07) is 0. The molecule has 3 aliphatic rings. The van der Waals surface area contributed by atoms with Crippen LogP contribution in [0.3, 0.4) is 0 Å². The van der Waals surface area contributed by atoms with Gasteiger partial charge in [0.1, 0.15) is 0 Å². The van der Waals surface area contributed by atoms with Crippen LogP contribution in [0.4, 0.5) is 0 Å². The van der Waals surface area contributed by atoms with Crippen LogP contribution in [0.15, 0.2) is 0 Å². The number of hydrogen-bond donors (Lipinski definition) is 0. The van der Waals surface area contributed by atoms with Crippen LogP contribution < -0.4 is 0 Å². The third kappa shape index (κ3) is 11.5. The minimum absolute atomic E-state index is 0.379. The Kier molecular flexibility index (Phi) is 16.5. The normalized spacial score (nSPS) is 25.7. The molecule has 0 bridgehead atoms. The largest absolute Gasteiger partial charge is 0.134 e. The molecule has 1 unspecified atom stereocenters. The van der Waals surface area contributed by atoms with Crippen molar-refractivity contribution in [2.75, 3.05) is 12.3 Å². The number of hydrogen-bond acceptors (Lipinski definition) is 0. The van der Waals surface area contributed by atoms with E-state index in [0.717, 1.165) is 29.1 Å². The lowest BCUT2D eigenvalue weighted by Gasteiger charge is -2.35. The van der Waals surface area contributed by atoms with Crippen LogP contribution in [-0.2, 0) is 0 Å². The zero-order valence-corrected chi connectivity index (χ0v) is 24.5. The van der Waals surface area contributed by atoms with E-state index >= 15 is 0 Å². The lowest BCUT2D eigenvalue weighted by Crippen LogP contribution is -2.27. The summed E-state index contributed by atoms with van der Waals surface area (Å²) in [6.07, 6.45) is 33.2. The van der Waals surface area contributed by atoms with Crippen molar-refractivity contribution in [3.63, 3.8) is 0 Å². The highest BCUT2D eigenvalue weighted by atomic mass is 31.1. The van der Waals surface area contributed by atoms with Crippen LogP contribution in [0.2, 0.25) is 0 Å². The van der Waals surface area contributed by atoms with Crippen molar-refractivity contribution in [1.29, 1.82) is 0 Å². The lowest BCUT2D eigenvalue weighted by molar-refractivity contribution is 0.255. The molecule has 0 aromatic rings. The second-order valence-corrected chi connectivity index (χ2v) is 15.3. The Morgan fingerprint density at radius 3 is 1.47 bits per heavy atom. The Balaban J connectivity index is 0.000000233. The quantitative estimate of drug-likeness (QED) is 0.203. The topological polar surface area (TPSA) is 0 Å². The van der Waals surface area contributed by atoms with Gasteiger partial charge in [-0.25, -0.2) is 0 Å². The molecule has 0 aromatic carbocycles. The van der Waals surface area contributed by atoms with Crippen molar-refractivity contribution in [1.82, 2.24) is 0 Å². The highest BCUT2D eigenvalue weighted by molar-refractivity contribution is 7.58. The molecule has 3 aliphatic carbocycles. The predicted octanol–water partition coefficient (Wildman–Crippen LogP) is 10.8. The second kappa shape index (κ2) is 18.2. The highest BCUT2D eigenvalue weighted by Gasteiger charge is 2.28. The molecule has 190 valence electrons. The fourth-order valence-electron chi connectivity index (χ4n) is 6.64. The van der Waals surface area contributed by atoms with Gasteiger partial charge in [0.2, 0.25) is 0 Å². The third-order valence-corrected chi connectivity index (χ3v) is 13.4. The minimum Gasteiger partial charge on any atom is -0.134 e. The second-order valence-electron chi connectivity index (χ2n) is 11.7.